The van der Waals surface area contributed by atoms with Crippen LogP contribution in [-0.2, 0) is 9.59 Å². The fourth-order valence-corrected chi connectivity index (χ4v) is 3.89. The summed E-state index contributed by atoms with van der Waals surface area (Å²) < 4.78 is 0.940. The molecule has 1 saturated heterocycles. The minimum absolute atomic E-state index is 0.0551. The SMILES string of the molecule is CC(=O)Nc1nc2ccc(NC(=O)CCC3CCNCC3)cc2s1. The molecule has 1 aliphatic rings. The molecule has 2 amide bonds. The molecule has 0 atom stereocenters. The Bertz CT molecular complexity index is 737. The quantitative estimate of drug-likeness (QED) is 0.777. The molecule has 0 spiro atoms. The summed E-state index contributed by atoms with van der Waals surface area (Å²) in [5.41, 5.74) is 1.59. The lowest BCUT2D eigenvalue weighted by Gasteiger charge is -2.22. The summed E-state index contributed by atoms with van der Waals surface area (Å²) in [6.07, 6.45) is 3.82. The van der Waals surface area contributed by atoms with E-state index in [9.17, 15) is 9.59 Å². The Hall–Kier alpha value is -1.99. The first-order valence-electron chi connectivity index (χ1n) is 8.29. The fraction of sp³-hybridized carbons (Fsp3) is 0.471. The number of carbonyl (C=O) groups excluding carboxylic acids is 2. The number of benzene rings is 1. The number of nitrogens with zero attached hydrogens (tertiary/aromatic N) is 1. The Kier molecular flexibility index (Phi) is 5.42. The van der Waals surface area contributed by atoms with E-state index in [1.54, 1.807) is 0 Å². The van der Waals surface area contributed by atoms with Crippen LogP contribution in [0.5, 0.6) is 0 Å². The predicted octanol–water partition coefficient (Wildman–Crippen LogP) is 2.97. The first-order valence-corrected chi connectivity index (χ1v) is 9.10. The summed E-state index contributed by atoms with van der Waals surface area (Å²) >= 11 is 1.40. The second kappa shape index (κ2) is 7.72. The zero-order chi connectivity index (χ0) is 16.9. The van der Waals surface area contributed by atoms with Crippen LogP contribution in [0.4, 0.5) is 10.8 Å². The van der Waals surface area contributed by atoms with E-state index in [0.717, 1.165) is 48.3 Å². The van der Waals surface area contributed by atoms with Gasteiger partial charge in [-0.3, -0.25) is 9.59 Å². The van der Waals surface area contributed by atoms with Gasteiger partial charge in [-0.15, -0.1) is 0 Å². The molecule has 1 fully saturated rings. The van der Waals surface area contributed by atoms with Gasteiger partial charge in [-0.2, -0.15) is 0 Å². The van der Waals surface area contributed by atoms with Crippen LogP contribution in [0.2, 0.25) is 0 Å². The Labute approximate surface area is 145 Å². The van der Waals surface area contributed by atoms with Gasteiger partial charge < -0.3 is 16.0 Å². The maximum Gasteiger partial charge on any atom is 0.224 e. The molecule has 0 radical (unpaired) electrons. The second-order valence-corrected chi connectivity index (χ2v) is 7.19. The maximum atomic E-state index is 12.1. The number of piperidine rings is 1. The van der Waals surface area contributed by atoms with E-state index in [2.05, 4.69) is 20.9 Å². The second-order valence-electron chi connectivity index (χ2n) is 6.16. The summed E-state index contributed by atoms with van der Waals surface area (Å²) in [5.74, 6) is 0.571. The summed E-state index contributed by atoms with van der Waals surface area (Å²) in [4.78, 5) is 27.6. The van der Waals surface area contributed by atoms with Gasteiger partial charge in [-0.25, -0.2) is 4.98 Å². The predicted molar refractivity (Wildman–Crippen MR) is 97.4 cm³/mol. The molecule has 0 aliphatic carbocycles. The van der Waals surface area contributed by atoms with Gasteiger partial charge >= 0.3 is 0 Å². The molecule has 6 nitrogen and oxygen atoms in total. The molecule has 7 heteroatoms. The first-order chi connectivity index (χ1) is 11.6. The largest absolute Gasteiger partial charge is 0.326 e. The molecule has 1 aromatic carbocycles. The van der Waals surface area contributed by atoms with Gasteiger partial charge in [0.2, 0.25) is 11.8 Å². The monoisotopic (exact) mass is 346 g/mol. The molecule has 1 aliphatic heterocycles. The van der Waals surface area contributed by atoms with Crippen molar-refractivity contribution in [1.82, 2.24) is 10.3 Å². The van der Waals surface area contributed by atoms with E-state index in [4.69, 9.17) is 0 Å². The summed E-state index contributed by atoms with van der Waals surface area (Å²) in [7, 11) is 0. The van der Waals surface area contributed by atoms with Crippen LogP contribution >= 0.6 is 11.3 Å². The van der Waals surface area contributed by atoms with Crippen molar-refractivity contribution in [3.8, 4) is 0 Å². The van der Waals surface area contributed by atoms with Crippen LogP contribution in [-0.4, -0.2) is 29.9 Å². The summed E-state index contributed by atoms with van der Waals surface area (Å²) in [6, 6.07) is 5.61. The van der Waals surface area contributed by atoms with E-state index in [0.29, 0.717) is 17.5 Å². The molecule has 128 valence electrons. The fourth-order valence-electron chi connectivity index (χ4n) is 2.94. The maximum absolute atomic E-state index is 12.1. The molecule has 3 N–H and O–H groups in total. The van der Waals surface area contributed by atoms with Crippen molar-refractivity contribution in [1.29, 1.82) is 0 Å². The normalized spacial score (nSPS) is 15.4. The average Bonchev–Trinajstić information content (AvgIpc) is 2.94. The third kappa shape index (κ3) is 4.52. The van der Waals surface area contributed by atoms with Crippen LogP contribution in [0.3, 0.4) is 0 Å². The van der Waals surface area contributed by atoms with Crippen LogP contribution in [0, 0.1) is 5.92 Å². The molecule has 0 saturated carbocycles. The average molecular weight is 346 g/mol. The topological polar surface area (TPSA) is 83.1 Å². The highest BCUT2D eigenvalue weighted by Gasteiger charge is 2.15. The van der Waals surface area contributed by atoms with Crippen LogP contribution in [0.1, 0.15) is 32.6 Å². The van der Waals surface area contributed by atoms with Crippen LogP contribution in [0.15, 0.2) is 18.2 Å². The van der Waals surface area contributed by atoms with Gasteiger partial charge in [0.05, 0.1) is 10.2 Å². The van der Waals surface area contributed by atoms with Crippen LogP contribution in [0.25, 0.3) is 10.2 Å². The van der Waals surface area contributed by atoms with Crippen LogP contribution < -0.4 is 16.0 Å². The van der Waals surface area contributed by atoms with Crippen molar-refractivity contribution in [3.05, 3.63) is 18.2 Å². The van der Waals surface area contributed by atoms with Crippen molar-refractivity contribution in [2.24, 2.45) is 5.92 Å². The van der Waals surface area contributed by atoms with Crippen molar-refractivity contribution in [3.63, 3.8) is 0 Å². The minimum Gasteiger partial charge on any atom is -0.326 e. The molecule has 2 aromatic rings. The number of anilines is 2. The number of aromatic nitrogens is 1. The number of hydrogen-bond donors (Lipinski definition) is 3. The number of hydrogen-bond acceptors (Lipinski definition) is 5. The number of thiazole rings is 1. The Morgan fingerprint density at radius 1 is 1.29 bits per heavy atom. The first kappa shape index (κ1) is 16.9. The Morgan fingerprint density at radius 2 is 2.08 bits per heavy atom. The molecule has 0 bridgehead atoms. The van der Waals surface area contributed by atoms with Crippen molar-refractivity contribution in [2.45, 2.75) is 32.6 Å². The number of amides is 2. The van der Waals surface area contributed by atoms with Gasteiger partial charge in [0.1, 0.15) is 0 Å². The Balaban J connectivity index is 1.57. The highest BCUT2D eigenvalue weighted by Crippen LogP contribution is 2.28. The Morgan fingerprint density at radius 3 is 2.83 bits per heavy atom. The third-order valence-corrected chi connectivity index (χ3v) is 5.13. The molecular formula is C17H22N4O2S. The van der Waals surface area contributed by atoms with Gasteiger partial charge in [0.25, 0.3) is 0 Å². The smallest absolute Gasteiger partial charge is 0.224 e. The van der Waals surface area contributed by atoms with Gasteiger partial charge in [0, 0.05) is 19.0 Å². The van der Waals surface area contributed by atoms with Crippen molar-refractivity contribution < 1.29 is 9.59 Å². The van der Waals surface area contributed by atoms with E-state index >= 15 is 0 Å². The lowest BCUT2D eigenvalue weighted by molar-refractivity contribution is -0.116. The van der Waals surface area contributed by atoms with Gasteiger partial charge in [-0.05, 0) is 56.5 Å². The zero-order valence-electron chi connectivity index (χ0n) is 13.7. The molecule has 0 unspecified atom stereocenters. The lowest BCUT2D eigenvalue weighted by atomic mass is 9.93. The molecule has 2 heterocycles. The van der Waals surface area contributed by atoms with Gasteiger partial charge in [-0.1, -0.05) is 11.3 Å². The number of fused-ring (bicyclic) bond motifs is 1. The van der Waals surface area contributed by atoms with E-state index in [1.165, 1.54) is 18.3 Å². The number of nitrogens with one attached hydrogen (secondary N) is 3. The van der Waals surface area contributed by atoms with E-state index in [1.807, 2.05) is 18.2 Å². The minimum atomic E-state index is -0.138. The number of carbonyl (C=O) groups is 2. The van der Waals surface area contributed by atoms with Gasteiger partial charge in [0.15, 0.2) is 5.13 Å². The van der Waals surface area contributed by atoms with E-state index in [-0.39, 0.29) is 11.8 Å². The summed E-state index contributed by atoms with van der Waals surface area (Å²) in [6.45, 7) is 3.58. The van der Waals surface area contributed by atoms with E-state index < -0.39 is 0 Å². The third-order valence-electron chi connectivity index (χ3n) is 4.19. The van der Waals surface area contributed by atoms with Crippen molar-refractivity contribution >= 4 is 44.2 Å². The molecule has 24 heavy (non-hydrogen) atoms. The summed E-state index contributed by atoms with van der Waals surface area (Å²) in [5, 5.41) is 9.56. The highest BCUT2D eigenvalue weighted by atomic mass is 32.1. The van der Waals surface area contributed by atoms with Crippen molar-refractivity contribution in [2.75, 3.05) is 23.7 Å². The molecule has 3 rings (SSSR count). The molecular weight excluding hydrogens is 324 g/mol. The molecule has 1 aromatic heterocycles. The highest BCUT2D eigenvalue weighted by molar-refractivity contribution is 7.22. The standard InChI is InChI=1S/C17H22N4O2S/c1-11(22)19-17-21-14-4-3-13(10-15(14)24-17)20-16(23)5-2-12-6-8-18-9-7-12/h3-4,10,12,18H,2,5-9H2,1H3,(H,20,23)(H,19,21,22). The zero-order valence-corrected chi connectivity index (χ0v) is 14.5. The lowest BCUT2D eigenvalue weighted by Crippen LogP contribution is -2.28. The number of rotatable bonds is 5.